The van der Waals surface area contributed by atoms with Gasteiger partial charge in [-0.25, -0.2) is 4.98 Å². The van der Waals surface area contributed by atoms with Gasteiger partial charge >= 0.3 is 0 Å². The summed E-state index contributed by atoms with van der Waals surface area (Å²) in [6, 6.07) is 6.56. The molecule has 2 aliphatic heterocycles. The highest BCUT2D eigenvalue weighted by molar-refractivity contribution is 5.82. The molecule has 2 aliphatic rings. The Labute approximate surface area is 145 Å². The zero-order chi connectivity index (χ0) is 16.9. The lowest BCUT2D eigenvalue weighted by molar-refractivity contribution is -0.128. The first kappa shape index (κ1) is 17.2. The molecule has 3 rings (SSSR count). The van der Waals surface area contributed by atoms with Gasteiger partial charge in [-0.1, -0.05) is 19.4 Å². The van der Waals surface area contributed by atoms with Crippen LogP contribution in [0.15, 0.2) is 18.2 Å². The highest BCUT2D eigenvalue weighted by Gasteiger charge is 2.30. The maximum Gasteiger partial charge on any atom is 0.237 e. The molecule has 1 amide bonds. The van der Waals surface area contributed by atoms with Gasteiger partial charge in [-0.3, -0.25) is 9.69 Å². The van der Waals surface area contributed by atoms with Crippen molar-refractivity contribution in [2.45, 2.75) is 58.0 Å². The van der Waals surface area contributed by atoms with Gasteiger partial charge in [0.05, 0.1) is 6.04 Å². The second kappa shape index (κ2) is 7.97. The third-order valence-electron chi connectivity index (χ3n) is 5.36. The van der Waals surface area contributed by atoms with E-state index in [4.69, 9.17) is 0 Å². The summed E-state index contributed by atoms with van der Waals surface area (Å²) >= 11 is 0. The lowest BCUT2D eigenvalue weighted by Gasteiger charge is -2.37. The number of carbonyl (C=O) groups excluding carboxylic acids is 1. The van der Waals surface area contributed by atoms with Crippen molar-refractivity contribution in [3.05, 3.63) is 23.9 Å². The molecular weight excluding hydrogens is 300 g/mol. The molecule has 0 aliphatic carbocycles. The summed E-state index contributed by atoms with van der Waals surface area (Å²) in [6.07, 6.45) is 5.40. The fourth-order valence-electron chi connectivity index (χ4n) is 3.92. The van der Waals surface area contributed by atoms with Crippen LogP contribution in [0.2, 0.25) is 0 Å². The second-order valence-corrected chi connectivity index (χ2v) is 7.05. The second-order valence-electron chi connectivity index (χ2n) is 7.05. The number of pyridine rings is 1. The summed E-state index contributed by atoms with van der Waals surface area (Å²) in [5, 5.41) is 3.31. The Morgan fingerprint density at radius 3 is 2.71 bits per heavy atom. The number of nitrogens with one attached hydrogen (secondary N) is 1. The van der Waals surface area contributed by atoms with Crippen molar-refractivity contribution < 1.29 is 4.79 Å². The minimum Gasteiger partial charge on any atom is -0.356 e. The Bertz CT molecular complexity index is 554. The molecule has 1 aromatic heterocycles. The smallest absolute Gasteiger partial charge is 0.237 e. The topological polar surface area (TPSA) is 48.5 Å². The van der Waals surface area contributed by atoms with E-state index in [1.807, 2.05) is 13.0 Å². The van der Waals surface area contributed by atoms with E-state index in [1.54, 1.807) is 0 Å². The van der Waals surface area contributed by atoms with Crippen LogP contribution in [0.5, 0.6) is 0 Å². The van der Waals surface area contributed by atoms with E-state index in [9.17, 15) is 4.79 Å². The fourth-order valence-corrected chi connectivity index (χ4v) is 3.92. The van der Waals surface area contributed by atoms with Gasteiger partial charge in [-0.15, -0.1) is 0 Å². The third-order valence-corrected chi connectivity index (χ3v) is 5.36. The lowest BCUT2D eigenvalue weighted by Crippen LogP contribution is -2.53. The van der Waals surface area contributed by atoms with E-state index in [0.29, 0.717) is 6.04 Å². The van der Waals surface area contributed by atoms with Crippen LogP contribution in [0.3, 0.4) is 0 Å². The zero-order valence-electron chi connectivity index (χ0n) is 15.0. The predicted molar refractivity (Wildman–Crippen MR) is 97.2 cm³/mol. The summed E-state index contributed by atoms with van der Waals surface area (Å²) in [5.41, 5.74) is 1.06. The monoisotopic (exact) mass is 330 g/mol. The number of aromatic nitrogens is 1. The van der Waals surface area contributed by atoms with E-state index >= 15 is 0 Å². The zero-order valence-corrected chi connectivity index (χ0v) is 15.0. The maximum absolute atomic E-state index is 12.7. The van der Waals surface area contributed by atoms with Crippen LogP contribution < -0.4 is 10.2 Å². The Morgan fingerprint density at radius 2 is 2.00 bits per heavy atom. The third kappa shape index (κ3) is 4.07. The molecular formula is C19H30N4O. The average molecular weight is 330 g/mol. The molecule has 0 saturated carbocycles. The Kier molecular flexibility index (Phi) is 5.72. The van der Waals surface area contributed by atoms with Crippen LogP contribution in [0.1, 0.15) is 44.7 Å². The van der Waals surface area contributed by atoms with E-state index < -0.39 is 0 Å². The molecule has 1 unspecified atom stereocenters. The molecule has 0 spiro atoms. The number of carbonyl (C=O) groups is 1. The van der Waals surface area contributed by atoms with Crippen molar-refractivity contribution in [3.8, 4) is 0 Å². The highest BCUT2D eigenvalue weighted by atomic mass is 16.2. The van der Waals surface area contributed by atoms with Crippen LogP contribution in [0.25, 0.3) is 0 Å². The molecule has 0 radical (unpaired) electrons. The average Bonchev–Trinajstić information content (AvgIpc) is 2.62. The number of likely N-dealkylation sites (N-methyl/N-ethyl adjacent to an activating group) is 1. The van der Waals surface area contributed by atoms with Crippen LogP contribution in [0, 0.1) is 6.92 Å². The number of piperidine rings is 2. The summed E-state index contributed by atoms with van der Waals surface area (Å²) in [4.78, 5) is 21.9. The van der Waals surface area contributed by atoms with Gasteiger partial charge in [0.2, 0.25) is 5.91 Å². The number of amides is 1. The Morgan fingerprint density at radius 1 is 1.21 bits per heavy atom. The van der Waals surface area contributed by atoms with E-state index in [0.717, 1.165) is 57.0 Å². The van der Waals surface area contributed by atoms with Crippen molar-refractivity contribution in [2.24, 2.45) is 0 Å². The maximum atomic E-state index is 12.7. The van der Waals surface area contributed by atoms with Crippen LogP contribution in [-0.4, -0.2) is 54.1 Å². The molecule has 132 valence electrons. The molecule has 0 aromatic carbocycles. The van der Waals surface area contributed by atoms with Gasteiger partial charge in [0.15, 0.2) is 0 Å². The minimum absolute atomic E-state index is 0.0835. The normalized spacial score (nSPS) is 23.2. The summed E-state index contributed by atoms with van der Waals surface area (Å²) in [5.74, 6) is 1.30. The number of aryl methyl sites for hydroxylation is 1. The van der Waals surface area contributed by atoms with Crippen molar-refractivity contribution in [1.29, 1.82) is 0 Å². The quantitative estimate of drug-likeness (QED) is 0.921. The van der Waals surface area contributed by atoms with Crippen LogP contribution in [0.4, 0.5) is 5.82 Å². The number of rotatable bonds is 4. The molecule has 2 saturated heterocycles. The van der Waals surface area contributed by atoms with Gasteiger partial charge in [0.1, 0.15) is 5.82 Å². The van der Waals surface area contributed by atoms with Gasteiger partial charge in [0.25, 0.3) is 0 Å². The number of nitrogens with zero attached hydrogens (tertiary/aromatic N) is 3. The molecule has 5 heteroatoms. The lowest BCUT2D eigenvalue weighted by atomic mass is 9.99. The van der Waals surface area contributed by atoms with Crippen molar-refractivity contribution >= 4 is 11.7 Å². The molecule has 0 bridgehead atoms. The van der Waals surface area contributed by atoms with Crippen molar-refractivity contribution in [1.82, 2.24) is 15.2 Å². The van der Waals surface area contributed by atoms with Crippen molar-refractivity contribution in [3.63, 3.8) is 0 Å². The first-order chi connectivity index (χ1) is 11.7. The molecule has 1 aromatic rings. The van der Waals surface area contributed by atoms with Gasteiger partial charge < -0.3 is 10.2 Å². The van der Waals surface area contributed by atoms with Gasteiger partial charge in [0, 0.05) is 24.8 Å². The predicted octanol–water partition coefficient (Wildman–Crippen LogP) is 2.35. The number of hydrogen-bond donors (Lipinski definition) is 1. The fraction of sp³-hybridized carbons (Fsp3) is 0.684. The summed E-state index contributed by atoms with van der Waals surface area (Å²) in [6.45, 7) is 8.13. The molecule has 24 heavy (non-hydrogen) atoms. The van der Waals surface area contributed by atoms with E-state index in [1.165, 1.54) is 12.8 Å². The SMILES string of the molecule is CCN1CCCCC1C(=O)NC1CCN(c2cccc(C)n2)CC1. The summed E-state index contributed by atoms with van der Waals surface area (Å²) < 4.78 is 0. The number of hydrogen-bond acceptors (Lipinski definition) is 4. The van der Waals surface area contributed by atoms with Crippen molar-refractivity contribution in [2.75, 3.05) is 31.1 Å². The molecule has 1 N–H and O–H groups in total. The van der Waals surface area contributed by atoms with Crippen LogP contribution >= 0.6 is 0 Å². The standard InChI is InChI=1S/C19H30N4O/c1-3-22-12-5-4-8-17(22)19(24)21-16-10-13-23(14-11-16)18-9-6-7-15(2)20-18/h6-7,9,16-17H,3-5,8,10-14H2,1-2H3,(H,21,24). The minimum atomic E-state index is 0.0835. The number of likely N-dealkylation sites (tertiary alicyclic amines) is 1. The Balaban J connectivity index is 1.50. The van der Waals surface area contributed by atoms with E-state index in [2.05, 4.69) is 39.2 Å². The first-order valence-corrected chi connectivity index (χ1v) is 9.40. The van der Waals surface area contributed by atoms with Gasteiger partial charge in [-0.2, -0.15) is 0 Å². The molecule has 1 atom stereocenters. The first-order valence-electron chi connectivity index (χ1n) is 9.40. The molecule has 2 fully saturated rings. The largest absolute Gasteiger partial charge is 0.356 e. The van der Waals surface area contributed by atoms with E-state index in [-0.39, 0.29) is 11.9 Å². The molecule has 3 heterocycles. The molecule has 5 nitrogen and oxygen atoms in total. The number of anilines is 1. The van der Waals surface area contributed by atoms with Crippen LogP contribution in [-0.2, 0) is 4.79 Å². The highest BCUT2D eigenvalue weighted by Crippen LogP contribution is 2.20. The summed E-state index contributed by atoms with van der Waals surface area (Å²) in [7, 11) is 0. The van der Waals surface area contributed by atoms with Gasteiger partial charge in [-0.05, 0) is 57.8 Å². The Hall–Kier alpha value is -1.62.